The van der Waals surface area contributed by atoms with Crippen molar-refractivity contribution in [3.63, 3.8) is 0 Å². The van der Waals surface area contributed by atoms with Crippen LogP contribution in [0, 0.1) is 5.92 Å². The van der Waals surface area contributed by atoms with Gasteiger partial charge in [0.2, 0.25) is 0 Å². The van der Waals surface area contributed by atoms with Gasteiger partial charge in [0.15, 0.2) is 0 Å². The smallest absolute Gasteiger partial charge is 0.106 e. The molecule has 0 aliphatic rings. The fourth-order valence-electron chi connectivity index (χ4n) is 1.08. The third-order valence-electron chi connectivity index (χ3n) is 1.58. The predicted octanol–water partition coefficient (Wildman–Crippen LogP) is 2.93. The summed E-state index contributed by atoms with van der Waals surface area (Å²) in [6.07, 6.45) is 2.89. The summed E-state index contributed by atoms with van der Waals surface area (Å²) in [5, 5.41) is 3.72. The number of rotatable bonds is 4. The van der Waals surface area contributed by atoms with Gasteiger partial charge in [-0.25, -0.2) is 0 Å². The lowest BCUT2D eigenvalue weighted by Crippen LogP contribution is -1.89. The molecule has 0 saturated heterocycles. The average Bonchev–Trinajstić information content (AvgIpc) is 2.48. The monoisotopic (exact) mass is 197 g/mol. The molecule has 0 aromatic carbocycles. The minimum Gasteiger partial charge on any atom is -0.399 e. The Morgan fingerprint density at radius 3 is 2.92 bits per heavy atom. The van der Waals surface area contributed by atoms with Gasteiger partial charge in [0.1, 0.15) is 7.11 Å². The molecule has 0 aliphatic carbocycles. The summed E-state index contributed by atoms with van der Waals surface area (Å²) in [6.45, 7) is 4.45. The van der Waals surface area contributed by atoms with Gasteiger partial charge in [0.25, 0.3) is 0 Å². The number of hydrogen-bond acceptors (Lipinski definition) is 3. The molecule has 1 aromatic rings. The Kier molecular flexibility index (Phi) is 3.96. The molecule has 1 aromatic heterocycles. The van der Waals surface area contributed by atoms with Crippen LogP contribution in [-0.2, 0) is 11.3 Å². The largest absolute Gasteiger partial charge is 0.399 e. The molecule has 0 aliphatic heterocycles. The van der Waals surface area contributed by atoms with Crippen LogP contribution < -0.4 is 0 Å². The molecule has 0 atom stereocenters. The highest BCUT2D eigenvalue weighted by Crippen LogP contribution is 2.18. The van der Waals surface area contributed by atoms with Crippen molar-refractivity contribution >= 4 is 17.6 Å². The van der Waals surface area contributed by atoms with Gasteiger partial charge in [-0.15, -0.1) is 11.3 Å². The molecule has 0 fully saturated rings. The van der Waals surface area contributed by atoms with Crippen LogP contribution in [0.5, 0.6) is 0 Å². The van der Waals surface area contributed by atoms with Crippen molar-refractivity contribution in [2.24, 2.45) is 11.1 Å². The molecule has 0 unspecified atom stereocenters. The van der Waals surface area contributed by atoms with Gasteiger partial charge in [-0.2, -0.15) is 0 Å². The van der Waals surface area contributed by atoms with Crippen molar-refractivity contribution in [3.05, 3.63) is 21.9 Å². The summed E-state index contributed by atoms with van der Waals surface area (Å²) < 4.78 is 0. The topological polar surface area (TPSA) is 21.6 Å². The minimum atomic E-state index is 0.714. The molecule has 0 radical (unpaired) electrons. The highest BCUT2D eigenvalue weighted by molar-refractivity contribution is 7.13. The zero-order valence-corrected chi connectivity index (χ0v) is 9.10. The van der Waals surface area contributed by atoms with E-state index >= 15 is 0 Å². The lowest BCUT2D eigenvalue weighted by molar-refractivity contribution is 0.215. The Balaban J connectivity index is 2.58. The molecular formula is C10H15NOS. The van der Waals surface area contributed by atoms with Crippen LogP contribution in [0.3, 0.4) is 0 Å². The summed E-state index contributed by atoms with van der Waals surface area (Å²) in [6, 6.07) is 4.23. The van der Waals surface area contributed by atoms with Crippen LogP contribution in [0.15, 0.2) is 17.3 Å². The van der Waals surface area contributed by atoms with Gasteiger partial charge in [0, 0.05) is 9.75 Å². The second-order valence-corrected chi connectivity index (χ2v) is 4.52. The van der Waals surface area contributed by atoms with Crippen molar-refractivity contribution < 1.29 is 4.84 Å². The first kappa shape index (κ1) is 10.3. The van der Waals surface area contributed by atoms with Gasteiger partial charge in [-0.1, -0.05) is 19.0 Å². The second-order valence-electron chi connectivity index (χ2n) is 3.32. The molecule has 13 heavy (non-hydrogen) atoms. The Morgan fingerprint density at radius 2 is 2.31 bits per heavy atom. The molecule has 2 nitrogen and oxygen atoms in total. The molecule has 0 spiro atoms. The lowest BCUT2D eigenvalue weighted by atomic mass is 10.1. The van der Waals surface area contributed by atoms with Crippen molar-refractivity contribution in [3.8, 4) is 0 Å². The van der Waals surface area contributed by atoms with E-state index in [0.29, 0.717) is 5.92 Å². The van der Waals surface area contributed by atoms with Crippen LogP contribution in [0.25, 0.3) is 0 Å². The van der Waals surface area contributed by atoms with Crippen LogP contribution >= 0.6 is 11.3 Å². The maximum Gasteiger partial charge on any atom is 0.106 e. The number of oxime groups is 1. The maximum atomic E-state index is 4.61. The Labute approximate surface area is 83.2 Å². The van der Waals surface area contributed by atoms with Crippen LogP contribution in [-0.4, -0.2) is 13.3 Å². The van der Waals surface area contributed by atoms with E-state index < -0.39 is 0 Å². The first-order valence-corrected chi connectivity index (χ1v) is 5.19. The highest BCUT2D eigenvalue weighted by Gasteiger charge is 2.00. The van der Waals surface area contributed by atoms with Crippen molar-refractivity contribution in [1.29, 1.82) is 0 Å². The van der Waals surface area contributed by atoms with Crippen LogP contribution in [0.1, 0.15) is 23.6 Å². The third-order valence-corrected chi connectivity index (χ3v) is 2.62. The zero-order chi connectivity index (χ0) is 9.68. The van der Waals surface area contributed by atoms with Gasteiger partial charge >= 0.3 is 0 Å². The number of nitrogens with zero attached hydrogens (tertiary/aromatic N) is 1. The normalized spacial score (nSPS) is 11.4. The SMILES string of the molecule is CON=Cc1ccc(CC(C)C)s1. The molecule has 1 heterocycles. The van der Waals surface area contributed by atoms with E-state index in [1.54, 1.807) is 24.7 Å². The van der Waals surface area contributed by atoms with Gasteiger partial charge in [-0.3, -0.25) is 0 Å². The fraction of sp³-hybridized carbons (Fsp3) is 0.500. The molecule has 0 amide bonds. The molecular weight excluding hydrogens is 182 g/mol. The molecule has 1 rings (SSSR count). The molecule has 0 bridgehead atoms. The molecule has 0 saturated carbocycles. The first-order chi connectivity index (χ1) is 6.22. The predicted molar refractivity (Wildman–Crippen MR) is 57.5 cm³/mol. The zero-order valence-electron chi connectivity index (χ0n) is 8.28. The second kappa shape index (κ2) is 5.02. The molecule has 3 heteroatoms. The van der Waals surface area contributed by atoms with Crippen molar-refractivity contribution in [2.75, 3.05) is 7.11 Å². The Bertz CT molecular complexity index is 278. The minimum absolute atomic E-state index is 0.714. The number of hydrogen-bond donors (Lipinski definition) is 0. The lowest BCUT2D eigenvalue weighted by Gasteiger charge is -1.98. The van der Waals surface area contributed by atoms with E-state index in [4.69, 9.17) is 0 Å². The summed E-state index contributed by atoms with van der Waals surface area (Å²) in [5.41, 5.74) is 0. The van der Waals surface area contributed by atoms with Gasteiger partial charge in [-0.05, 0) is 24.5 Å². The van der Waals surface area contributed by atoms with E-state index in [1.807, 2.05) is 0 Å². The Morgan fingerprint density at radius 1 is 1.54 bits per heavy atom. The van der Waals surface area contributed by atoms with E-state index in [0.717, 1.165) is 11.3 Å². The Hall–Kier alpha value is -0.830. The molecule has 72 valence electrons. The summed E-state index contributed by atoms with van der Waals surface area (Å²) in [4.78, 5) is 7.17. The fourth-order valence-corrected chi connectivity index (χ4v) is 2.17. The average molecular weight is 197 g/mol. The standard InChI is InChI=1S/C10H15NOS/c1-8(2)6-9-4-5-10(13-9)7-11-12-3/h4-5,7-8H,6H2,1-3H3. The first-order valence-electron chi connectivity index (χ1n) is 4.37. The van der Waals surface area contributed by atoms with E-state index in [9.17, 15) is 0 Å². The van der Waals surface area contributed by atoms with E-state index in [1.165, 1.54) is 4.88 Å². The quantitative estimate of drug-likeness (QED) is 0.537. The highest BCUT2D eigenvalue weighted by atomic mass is 32.1. The maximum absolute atomic E-state index is 4.61. The third kappa shape index (κ3) is 3.59. The van der Waals surface area contributed by atoms with Crippen LogP contribution in [0.2, 0.25) is 0 Å². The van der Waals surface area contributed by atoms with E-state index in [2.05, 4.69) is 36.0 Å². The van der Waals surface area contributed by atoms with Crippen molar-refractivity contribution in [1.82, 2.24) is 0 Å². The van der Waals surface area contributed by atoms with Gasteiger partial charge in [0.05, 0.1) is 6.21 Å². The van der Waals surface area contributed by atoms with Gasteiger partial charge < -0.3 is 4.84 Å². The van der Waals surface area contributed by atoms with E-state index in [-0.39, 0.29) is 0 Å². The van der Waals surface area contributed by atoms with Crippen LogP contribution in [0.4, 0.5) is 0 Å². The number of thiophene rings is 1. The molecule has 0 N–H and O–H groups in total. The summed E-state index contributed by atoms with van der Waals surface area (Å²) >= 11 is 1.77. The van der Waals surface area contributed by atoms with Crippen molar-refractivity contribution in [2.45, 2.75) is 20.3 Å². The summed E-state index contributed by atoms with van der Waals surface area (Å²) in [7, 11) is 1.55. The summed E-state index contributed by atoms with van der Waals surface area (Å²) in [5.74, 6) is 0.714.